The highest BCUT2D eigenvalue weighted by molar-refractivity contribution is 5.94. The van der Waals surface area contributed by atoms with Crippen molar-refractivity contribution in [2.75, 3.05) is 20.1 Å². The van der Waals surface area contributed by atoms with Crippen LogP contribution >= 0.6 is 0 Å². The number of benzene rings is 1. The van der Waals surface area contributed by atoms with Gasteiger partial charge in [0.05, 0.1) is 6.54 Å². The Labute approximate surface area is 149 Å². The Kier molecular flexibility index (Phi) is 7.07. The van der Waals surface area contributed by atoms with Crippen LogP contribution < -0.4 is 16.0 Å². The number of hydrogen-bond acceptors (Lipinski definition) is 2. The van der Waals surface area contributed by atoms with Gasteiger partial charge in [-0.15, -0.1) is 0 Å². The monoisotopic (exact) mass is 341 g/mol. The molecule has 0 spiro atoms. The van der Waals surface area contributed by atoms with E-state index in [4.69, 9.17) is 0 Å². The van der Waals surface area contributed by atoms with Crippen LogP contribution in [0.15, 0.2) is 47.7 Å². The summed E-state index contributed by atoms with van der Waals surface area (Å²) in [4.78, 5) is 16.3. The summed E-state index contributed by atoms with van der Waals surface area (Å²) < 4.78 is 2.02. The SMILES string of the molecule is CCNC(=NCc1ccn(C)c1)NCCc1cccc(C(=O)NC)c1. The summed E-state index contributed by atoms with van der Waals surface area (Å²) in [5.41, 5.74) is 2.98. The zero-order chi connectivity index (χ0) is 18.1. The van der Waals surface area contributed by atoms with Gasteiger partial charge in [-0.1, -0.05) is 12.1 Å². The molecule has 2 aromatic rings. The van der Waals surface area contributed by atoms with Gasteiger partial charge in [-0.2, -0.15) is 0 Å². The van der Waals surface area contributed by atoms with Gasteiger partial charge in [0.1, 0.15) is 0 Å². The smallest absolute Gasteiger partial charge is 0.251 e. The van der Waals surface area contributed by atoms with Crippen molar-refractivity contribution in [3.05, 3.63) is 59.4 Å². The molecule has 1 aromatic carbocycles. The number of hydrogen-bond donors (Lipinski definition) is 3. The molecule has 1 amide bonds. The minimum atomic E-state index is -0.0624. The fraction of sp³-hybridized carbons (Fsp3) is 0.368. The highest BCUT2D eigenvalue weighted by Crippen LogP contribution is 2.06. The first-order valence-corrected chi connectivity index (χ1v) is 8.56. The van der Waals surface area contributed by atoms with Crippen molar-refractivity contribution in [2.45, 2.75) is 19.9 Å². The van der Waals surface area contributed by atoms with E-state index in [0.717, 1.165) is 31.0 Å². The summed E-state index contributed by atoms with van der Waals surface area (Å²) in [6.45, 7) is 4.25. The van der Waals surface area contributed by atoms with Crippen LogP contribution in [0.1, 0.15) is 28.4 Å². The normalized spacial score (nSPS) is 11.2. The van der Waals surface area contributed by atoms with E-state index in [2.05, 4.69) is 33.2 Å². The van der Waals surface area contributed by atoms with Gasteiger partial charge in [0, 0.05) is 45.1 Å². The van der Waals surface area contributed by atoms with Crippen molar-refractivity contribution in [3.63, 3.8) is 0 Å². The van der Waals surface area contributed by atoms with E-state index < -0.39 is 0 Å². The molecule has 0 atom stereocenters. The second-order valence-corrected chi connectivity index (χ2v) is 5.84. The van der Waals surface area contributed by atoms with Gasteiger partial charge in [-0.25, -0.2) is 4.99 Å². The number of carbonyl (C=O) groups excluding carboxylic acids is 1. The van der Waals surface area contributed by atoms with Gasteiger partial charge in [0.15, 0.2) is 5.96 Å². The maximum atomic E-state index is 11.7. The van der Waals surface area contributed by atoms with Crippen molar-refractivity contribution in [2.24, 2.45) is 12.0 Å². The molecule has 0 aliphatic carbocycles. The average Bonchev–Trinajstić information content (AvgIpc) is 3.04. The van der Waals surface area contributed by atoms with E-state index >= 15 is 0 Å². The minimum Gasteiger partial charge on any atom is -0.357 e. The lowest BCUT2D eigenvalue weighted by atomic mass is 10.1. The first-order chi connectivity index (χ1) is 12.1. The lowest BCUT2D eigenvalue weighted by molar-refractivity contribution is 0.0963. The fourth-order valence-electron chi connectivity index (χ4n) is 2.50. The summed E-state index contributed by atoms with van der Waals surface area (Å²) in [6.07, 6.45) is 4.91. The summed E-state index contributed by atoms with van der Waals surface area (Å²) in [6, 6.07) is 9.75. The molecule has 1 heterocycles. The van der Waals surface area contributed by atoms with Crippen LogP contribution in [0.5, 0.6) is 0 Å². The Bertz CT molecular complexity index is 720. The topological polar surface area (TPSA) is 70.5 Å². The zero-order valence-corrected chi connectivity index (χ0v) is 15.2. The fourth-order valence-corrected chi connectivity index (χ4v) is 2.50. The molecular weight excluding hydrogens is 314 g/mol. The predicted molar refractivity (Wildman–Crippen MR) is 102 cm³/mol. The van der Waals surface area contributed by atoms with E-state index in [0.29, 0.717) is 12.1 Å². The first kappa shape index (κ1) is 18.6. The third-order valence-electron chi connectivity index (χ3n) is 3.78. The molecular formula is C19H27N5O. The molecule has 6 heteroatoms. The molecule has 0 saturated carbocycles. The largest absolute Gasteiger partial charge is 0.357 e. The number of aromatic nitrogens is 1. The Hall–Kier alpha value is -2.76. The molecule has 6 nitrogen and oxygen atoms in total. The molecule has 0 saturated heterocycles. The second-order valence-electron chi connectivity index (χ2n) is 5.84. The van der Waals surface area contributed by atoms with E-state index in [1.165, 1.54) is 5.56 Å². The maximum absolute atomic E-state index is 11.7. The van der Waals surface area contributed by atoms with E-state index in [-0.39, 0.29) is 5.91 Å². The molecule has 0 bridgehead atoms. The molecule has 0 unspecified atom stereocenters. The third-order valence-corrected chi connectivity index (χ3v) is 3.78. The number of nitrogens with zero attached hydrogens (tertiary/aromatic N) is 2. The second kappa shape index (κ2) is 9.52. The standard InChI is InChI=1S/C19H27N5O/c1-4-21-19(23-13-16-9-11-24(3)14-16)22-10-8-15-6-5-7-17(12-15)18(25)20-2/h5-7,9,11-12,14H,4,8,10,13H2,1-3H3,(H,20,25)(H2,21,22,23). The molecule has 0 radical (unpaired) electrons. The Morgan fingerprint density at radius 2 is 2.04 bits per heavy atom. The summed E-state index contributed by atoms with van der Waals surface area (Å²) in [7, 11) is 3.64. The van der Waals surface area contributed by atoms with Crippen LogP contribution in [0.25, 0.3) is 0 Å². The van der Waals surface area contributed by atoms with Crippen LogP contribution in [0.3, 0.4) is 0 Å². The van der Waals surface area contributed by atoms with Crippen LogP contribution in [-0.4, -0.2) is 36.6 Å². The number of carbonyl (C=O) groups is 1. The highest BCUT2D eigenvalue weighted by atomic mass is 16.1. The summed E-state index contributed by atoms with van der Waals surface area (Å²) in [5, 5.41) is 9.24. The molecule has 1 aromatic heterocycles. The van der Waals surface area contributed by atoms with Crippen LogP contribution in [0, 0.1) is 0 Å². The molecule has 3 N–H and O–H groups in total. The number of guanidine groups is 1. The van der Waals surface area contributed by atoms with E-state index in [9.17, 15) is 4.79 Å². The average molecular weight is 341 g/mol. The van der Waals surface area contributed by atoms with Crippen molar-refractivity contribution < 1.29 is 4.79 Å². The van der Waals surface area contributed by atoms with Crippen molar-refractivity contribution >= 4 is 11.9 Å². The molecule has 0 aliphatic heterocycles. The van der Waals surface area contributed by atoms with E-state index in [1.807, 2.05) is 49.0 Å². The number of aliphatic imine (C=N–C) groups is 1. The van der Waals surface area contributed by atoms with Crippen molar-refractivity contribution in [1.29, 1.82) is 0 Å². The summed E-state index contributed by atoms with van der Waals surface area (Å²) in [5.74, 6) is 0.737. The Balaban J connectivity index is 1.89. The predicted octanol–water partition coefficient (Wildman–Crippen LogP) is 1.68. The lowest BCUT2D eigenvalue weighted by Crippen LogP contribution is -2.38. The van der Waals surface area contributed by atoms with Gasteiger partial charge in [0.2, 0.25) is 0 Å². The van der Waals surface area contributed by atoms with Crippen molar-refractivity contribution in [1.82, 2.24) is 20.5 Å². The third kappa shape index (κ3) is 5.99. The van der Waals surface area contributed by atoms with Gasteiger partial charge < -0.3 is 20.5 Å². The maximum Gasteiger partial charge on any atom is 0.251 e. The van der Waals surface area contributed by atoms with Crippen LogP contribution in [0.2, 0.25) is 0 Å². The van der Waals surface area contributed by atoms with Gasteiger partial charge in [-0.05, 0) is 42.7 Å². The number of rotatable bonds is 7. The Morgan fingerprint density at radius 3 is 2.72 bits per heavy atom. The van der Waals surface area contributed by atoms with Gasteiger partial charge in [-0.3, -0.25) is 4.79 Å². The number of aryl methyl sites for hydroxylation is 1. The number of nitrogens with one attached hydrogen (secondary N) is 3. The molecule has 0 aliphatic rings. The molecule has 25 heavy (non-hydrogen) atoms. The van der Waals surface area contributed by atoms with Crippen LogP contribution in [0.4, 0.5) is 0 Å². The molecule has 0 fully saturated rings. The van der Waals surface area contributed by atoms with Crippen LogP contribution in [-0.2, 0) is 20.0 Å². The van der Waals surface area contributed by atoms with Gasteiger partial charge in [0.25, 0.3) is 5.91 Å². The molecule has 134 valence electrons. The highest BCUT2D eigenvalue weighted by Gasteiger charge is 2.04. The quantitative estimate of drug-likeness (QED) is 0.530. The zero-order valence-electron chi connectivity index (χ0n) is 15.2. The number of amides is 1. The van der Waals surface area contributed by atoms with Gasteiger partial charge >= 0.3 is 0 Å². The molecule has 2 rings (SSSR count). The Morgan fingerprint density at radius 1 is 1.20 bits per heavy atom. The van der Waals surface area contributed by atoms with E-state index in [1.54, 1.807) is 7.05 Å². The van der Waals surface area contributed by atoms with Crippen molar-refractivity contribution in [3.8, 4) is 0 Å². The summed E-state index contributed by atoms with van der Waals surface area (Å²) >= 11 is 0. The first-order valence-electron chi connectivity index (χ1n) is 8.56. The lowest BCUT2D eigenvalue weighted by Gasteiger charge is -2.11. The minimum absolute atomic E-state index is 0.0624.